The summed E-state index contributed by atoms with van der Waals surface area (Å²) in [6.07, 6.45) is -4.08. The Morgan fingerprint density at radius 2 is 1.86 bits per heavy atom. The molecule has 0 radical (unpaired) electrons. The summed E-state index contributed by atoms with van der Waals surface area (Å²) in [6.45, 7) is 3.31. The van der Waals surface area contributed by atoms with Gasteiger partial charge in [-0.25, -0.2) is 0 Å². The first-order valence-corrected chi connectivity index (χ1v) is 8.77. The van der Waals surface area contributed by atoms with Crippen molar-refractivity contribution in [3.05, 3.63) is 35.9 Å². The first-order valence-electron chi connectivity index (χ1n) is 8.77. The fourth-order valence-corrected chi connectivity index (χ4v) is 2.74. The van der Waals surface area contributed by atoms with Crippen LogP contribution in [-0.4, -0.2) is 56.3 Å². The van der Waals surface area contributed by atoms with E-state index in [4.69, 9.17) is 9.47 Å². The number of rotatable bonds is 7. The van der Waals surface area contributed by atoms with E-state index in [-0.39, 0.29) is 11.8 Å². The van der Waals surface area contributed by atoms with Gasteiger partial charge in [-0.1, -0.05) is 12.1 Å². The third kappa shape index (κ3) is 5.88. The summed E-state index contributed by atoms with van der Waals surface area (Å²) in [5.41, 5.74) is 0.872. The largest absolute Gasteiger partial charge is 0.573 e. The molecule has 1 aliphatic rings. The molecular weight excluding hydrogens is 377 g/mol. The predicted octanol–water partition coefficient (Wildman–Crippen LogP) is 2.88. The third-order valence-electron chi connectivity index (χ3n) is 4.09. The SMILES string of the molecule is COc1nc(NCCc2ccc(OC(F)(F)F)cc2)cc(N2CCOCC2)n1. The minimum Gasteiger partial charge on any atom is -0.467 e. The van der Waals surface area contributed by atoms with E-state index in [2.05, 4.69) is 24.9 Å². The number of hydrogen-bond acceptors (Lipinski definition) is 7. The molecule has 152 valence electrons. The van der Waals surface area contributed by atoms with Crippen molar-refractivity contribution < 1.29 is 27.4 Å². The van der Waals surface area contributed by atoms with Crippen LogP contribution in [0.1, 0.15) is 5.56 Å². The molecule has 0 unspecified atom stereocenters. The van der Waals surface area contributed by atoms with Gasteiger partial charge in [-0.3, -0.25) is 0 Å². The Labute approximate surface area is 160 Å². The highest BCUT2D eigenvalue weighted by atomic mass is 19.4. The fourth-order valence-electron chi connectivity index (χ4n) is 2.74. The summed E-state index contributed by atoms with van der Waals surface area (Å²) >= 11 is 0. The number of halogens is 3. The molecule has 3 rings (SSSR count). The minimum atomic E-state index is -4.69. The smallest absolute Gasteiger partial charge is 0.467 e. The summed E-state index contributed by atoms with van der Waals surface area (Å²) in [7, 11) is 1.51. The molecule has 0 amide bonds. The first kappa shape index (κ1) is 20.0. The van der Waals surface area contributed by atoms with Crippen molar-refractivity contribution in [2.75, 3.05) is 50.2 Å². The van der Waals surface area contributed by atoms with E-state index >= 15 is 0 Å². The number of aromatic nitrogens is 2. The Morgan fingerprint density at radius 3 is 2.50 bits per heavy atom. The lowest BCUT2D eigenvalue weighted by atomic mass is 10.1. The molecular formula is C18H21F3N4O3. The Hall–Kier alpha value is -2.75. The lowest BCUT2D eigenvalue weighted by Crippen LogP contribution is -2.36. The van der Waals surface area contributed by atoms with E-state index in [9.17, 15) is 13.2 Å². The van der Waals surface area contributed by atoms with Crippen LogP contribution >= 0.6 is 0 Å². The van der Waals surface area contributed by atoms with Crippen molar-refractivity contribution >= 4 is 11.6 Å². The van der Waals surface area contributed by atoms with Gasteiger partial charge in [0.25, 0.3) is 0 Å². The van der Waals surface area contributed by atoms with Crippen LogP contribution in [0, 0.1) is 0 Å². The predicted molar refractivity (Wildman–Crippen MR) is 96.9 cm³/mol. The molecule has 1 aliphatic heterocycles. The second-order valence-corrected chi connectivity index (χ2v) is 6.07. The second kappa shape index (κ2) is 8.96. The van der Waals surface area contributed by atoms with E-state index in [1.54, 1.807) is 12.1 Å². The summed E-state index contributed by atoms with van der Waals surface area (Å²) in [6, 6.07) is 7.90. The maximum absolute atomic E-state index is 12.2. The number of benzene rings is 1. The highest BCUT2D eigenvalue weighted by Gasteiger charge is 2.30. The van der Waals surface area contributed by atoms with Gasteiger partial charge in [-0.05, 0) is 24.1 Å². The monoisotopic (exact) mass is 398 g/mol. The molecule has 28 heavy (non-hydrogen) atoms. The molecule has 0 spiro atoms. The topological polar surface area (TPSA) is 68.7 Å². The normalized spacial score (nSPS) is 14.6. The summed E-state index contributed by atoms with van der Waals surface area (Å²) in [4.78, 5) is 10.8. The zero-order valence-electron chi connectivity index (χ0n) is 15.3. The lowest BCUT2D eigenvalue weighted by Gasteiger charge is -2.28. The molecule has 0 atom stereocenters. The van der Waals surface area contributed by atoms with Crippen LogP contribution < -0.4 is 19.7 Å². The summed E-state index contributed by atoms with van der Waals surface area (Å²) in [5, 5.41) is 3.20. The van der Waals surface area contributed by atoms with Crippen LogP contribution in [0.3, 0.4) is 0 Å². The van der Waals surface area contributed by atoms with Gasteiger partial charge in [0.1, 0.15) is 17.4 Å². The van der Waals surface area contributed by atoms with Gasteiger partial charge in [-0.2, -0.15) is 9.97 Å². The number of nitrogens with zero attached hydrogens (tertiary/aromatic N) is 3. The number of methoxy groups -OCH3 is 1. The second-order valence-electron chi connectivity index (χ2n) is 6.07. The quantitative estimate of drug-likeness (QED) is 0.769. The van der Waals surface area contributed by atoms with E-state index in [1.807, 2.05) is 6.07 Å². The average molecular weight is 398 g/mol. The minimum absolute atomic E-state index is 0.236. The van der Waals surface area contributed by atoms with Gasteiger partial charge in [0.15, 0.2) is 0 Å². The number of nitrogens with one attached hydrogen (secondary N) is 1. The molecule has 0 bridgehead atoms. The van der Waals surface area contributed by atoms with E-state index in [0.717, 1.165) is 24.5 Å². The van der Waals surface area contributed by atoms with Crippen molar-refractivity contribution in [3.8, 4) is 11.8 Å². The zero-order chi connectivity index (χ0) is 20.0. The van der Waals surface area contributed by atoms with Crippen molar-refractivity contribution in [1.29, 1.82) is 0 Å². The molecule has 1 aromatic heterocycles. The molecule has 2 heterocycles. The molecule has 1 aromatic carbocycles. The van der Waals surface area contributed by atoms with Gasteiger partial charge in [0.05, 0.1) is 20.3 Å². The van der Waals surface area contributed by atoms with Gasteiger partial charge in [-0.15, -0.1) is 13.2 Å². The average Bonchev–Trinajstić information content (AvgIpc) is 2.68. The molecule has 0 saturated carbocycles. The number of morpholine rings is 1. The van der Waals surface area contributed by atoms with Gasteiger partial charge in [0, 0.05) is 25.7 Å². The molecule has 1 fully saturated rings. The molecule has 0 aliphatic carbocycles. The molecule has 1 saturated heterocycles. The van der Waals surface area contributed by atoms with Gasteiger partial charge < -0.3 is 24.4 Å². The fraction of sp³-hybridized carbons (Fsp3) is 0.444. The maximum Gasteiger partial charge on any atom is 0.573 e. The number of hydrogen-bond donors (Lipinski definition) is 1. The standard InChI is InChI=1S/C18H21F3N4O3/c1-26-17-23-15(12-16(24-17)25-8-10-27-11-9-25)22-7-6-13-2-4-14(5-3-13)28-18(19,20)21/h2-5,12H,6-11H2,1H3,(H,22,23,24). The number of anilines is 2. The van der Waals surface area contributed by atoms with E-state index in [1.165, 1.54) is 19.2 Å². The Morgan fingerprint density at radius 1 is 1.14 bits per heavy atom. The molecule has 1 N–H and O–H groups in total. The van der Waals surface area contributed by atoms with Crippen molar-refractivity contribution in [2.45, 2.75) is 12.8 Å². The highest BCUT2D eigenvalue weighted by Crippen LogP contribution is 2.23. The first-order chi connectivity index (χ1) is 13.4. The van der Waals surface area contributed by atoms with Crippen molar-refractivity contribution in [2.24, 2.45) is 0 Å². The summed E-state index contributed by atoms with van der Waals surface area (Å²) in [5.74, 6) is 1.14. The zero-order valence-corrected chi connectivity index (χ0v) is 15.3. The Kier molecular flexibility index (Phi) is 6.40. The van der Waals surface area contributed by atoms with Crippen molar-refractivity contribution in [3.63, 3.8) is 0 Å². The van der Waals surface area contributed by atoms with Crippen LogP contribution in [0.25, 0.3) is 0 Å². The van der Waals surface area contributed by atoms with Gasteiger partial charge in [0.2, 0.25) is 0 Å². The van der Waals surface area contributed by atoms with E-state index < -0.39 is 6.36 Å². The number of alkyl halides is 3. The highest BCUT2D eigenvalue weighted by molar-refractivity contribution is 5.50. The van der Waals surface area contributed by atoms with Crippen LogP contribution in [0.2, 0.25) is 0 Å². The molecule has 2 aromatic rings. The number of ether oxygens (including phenoxy) is 3. The van der Waals surface area contributed by atoms with Crippen LogP contribution in [-0.2, 0) is 11.2 Å². The summed E-state index contributed by atoms with van der Waals surface area (Å²) < 4.78 is 51.0. The molecule has 7 nitrogen and oxygen atoms in total. The Balaban J connectivity index is 1.58. The van der Waals surface area contributed by atoms with Crippen LogP contribution in [0.15, 0.2) is 30.3 Å². The van der Waals surface area contributed by atoms with Crippen LogP contribution in [0.4, 0.5) is 24.8 Å². The third-order valence-corrected chi connectivity index (χ3v) is 4.09. The van der Waals surface area contributed by atoms with Gasteiger partial charge >= 0.3 is 12.4 Å². The van der Waals surface area contributed by atoms with E-state index in [0.29, 0.717) is 32.0 Å². The Bertz CT molecular complexity index is 766. The maximum atomic E-state index is 12.2. The van der Waals surface area contributed by atoms with Crippen LogP contribution in [0.5, 0.6) is 11.8 Å². The van der Waals surface area contributed by atoms with Crippen molar-refractivity contribution in [1.82, 2.24) is 9.97 Å². The molecule has 10 heteroatoms. The lowest BCUT2D eigenvalue weighted by molar-refractivity contribution is -0.274.